The Kier molecular flexibility index (Phi) is 2.75. The highest BCUT2D eigenvalue weighted by Gasteiger charge is 2.57. The van der Waals surface area contributed by atoms with Gasteiger partial charge in [0.15, 0.2) is 0 Å². The summed E-state index contributed by atoms with van der Waals surface area (Å²) >= 11 is 0. The lowest BCUT2D eigenvalue weighted by atomic mass is 9.49. The monoisotopic (exact) mass is 288 g/mol. The maximum absolute atomic E-state index is 13.6. The Labute approximate surface area is 127 Å². The summed E-state index contributed by atoms with van der Waals surface area (Å²) in [5.74, 6) is 3.21. The molecule has 0 aromatic carbocycles. The average Bonchev–Trinajstić information content (AvgIpc) is 2.69. The van der Waals surface area contributed by atoms with E-state index in [1.54, 1.807) is 0 Å². The van der Waals surface area contributed by atoms with Crippen LogP contribution in [0.1, 0.15) is 57.8 Å². The van der Waals surface area contributed by atoms with Crippen LogP contribution in [0.5, 0.6) is 0 Å². The number of nitrogens with one attached hydrogen (secondary N) is 1. The topological polar surface area (TPSA) is 32.3 Å². The fourth-order valence-electron chi connectivity index (χ4n) is 6.96. The SMILES string of the molecule is O=C(N1C2CCNCC1CC2)C12CC3CC(CC(C3)C1)C2. The molecule has 6 rings (SSSR count). The van der Waals surface area contributed by atoms with Gasteiger partial charge in [-0.25, -0.2) is 0 Å². The molecule has 6 bridgehead atoms. The Hall–Kier alpha value is -0.570. The van der Waals surface area contributed by atoms with Crippen molar-refractivity contribution in [2.75, 3.05) is 13.1 Å². The van der Waals surface area contributed by atoms with Gasteiger partial charge in [0.2, 0.25) is 5.91 Å². The summed E-state index contributed by atoms with van der Waals surface area (Å²) in [5, 5.41) is 3.54. The van der Waals surface area contributed by atoms with Crippen molar-refractivity contribution in [3.8, 4) is 0 Å². The summed E-state index contributed by atoms with van der Waals surface area (Å²) < 4.78 is 0. The van der Waals surface area contributed by atoms with Crippen molar-refractivity contribution in [1.82, 2.24) is 10.2 Å². The van der Waals surface area contributed by atoms with Crippen molar-refractivity contribution in [3.05, 3.63) is 0 Å². The van der Waals surface area contributed by atoms with Crippen LogP contribution in [0.3, 0.4) is 0 Å². The number of hydrogen-bond donors (Lipinski definition) is 1. The van der Waals surface area contributed by atoms with Gasteiger partial charge < -0.3 is 10.2 Å². The van der Waals surface area contributed by atoms with Crippen LogP contribution in [0.25, 0.3) is 0 Å². The maximum Gasteiger partial charge on any atom is 0.229 e. The normalized spacial score (nSPS) is 51.2. The Morgan fingerprint density at radius 3 is 2.19 bits per heavy atom. The maximum atomic E-state index is 13.6. The molecule has 2 atom stereocenters. The molecule has 4 saturated carbocycles. The first kappa shape index (κ1) is 12.9. The average molecular weight is 288 g/mol. The van der Waals surface area contributed by atoms with Crippen LogP contribution in [-0.4, -0.2) is 36.0 Å². The van der Waals surface area contributed by atoms with Crippen LogP contribution in [-0.2, 0) is 4.79 Å². The minimum Gasteiger partial charge on any atom is -0.335 e. The van der Waals surface area contributed by atoms with Gasteiger partial charge in [0.05, 0.1) is 5.41 Å². The van der Waals surface area contributed by atoms with Crippen molar-refractivity contribution in [2.45, 2.75) is 69.9 Å². The van der Waals surface area contributed by atoms with Gasteiger partial charge >= 0.3 is 0 Å². The molecule has 0 aromatic rings. The fraction of sp³-hybridized carbons (Fsp3) is 0.944. The van der Waals surface area contributed by atoms with E-state index >= 15 is 0 Å². The Morgan fingerprint density at radius 1 is 0.905 bits per heavy atom. The van der Waals surface area contributed by atoms with E-state index in [1.165, 1.54) is 57.8 Å². The van der Waals surface area contributed by atoms with Crippen LogP contribution >= 0.6 is 0 Å². The van der Waals surface area contributed by atoms with E-state index in [0.717, 1.165) is 30.8 Å². The molecule has 1 amide bonds. The van der Waals surface area contributed by atoms with Crippen LogP contribution in [0.2, 0.25) is 0 Å². The summed E-state index contributed by atoms with van der Waals surface area (Å²) in [6.07, 6.45) is 11.6. The number of hydrogen-bond acceptors (Lipinski definition) is 2. The van der Waals surface area contributed by atoms with Crippen molar-refractivity contribution in [1.29, 1.82) is 0 Å². The van der Waals surface area contributed by atoms with Crippen molar-refractivity contribution in [2.24, 2.45) is 23.2 Å². The first-order chi connectivity index (χ1) is 10.2. The van der Waals surface area contributed by atoms with E-state index < -0.39 is 0 Å². The molecule has 1 N–H and O–H groups in total. The van der Waals surface area contributed by atoms with Gasteiger partial charge in [0, 0.05) is 18.6 Å². The Balaban J connectivity index is 1.45. The Bertz CT molecular complexity index is 411. The molecular weight excluding hydrogens is 260 g/mol. The predicted molar refractivity (Wildman–Crippen MR) is 81.7 cm³/mol. The van der Waals surface area contributed by atoms with Crippen molar-refractivity contribution < 1.29 is 4.79 Å². The molecule has 3 nitrogen and oxygen atoms in total. The van der Waals surface area contributed by atoms with Crippen molar-refractivity contribution in [3.63, 3.8) is 0 Å². The molecule has 0 spiro atoms. The zero-order chi connectivity index (χ0) is 14.0. The standard InChI is InChI=1S/C18H28N2O/c21-17(20-15-1-2-16(20)11-19-4-3-15)18-8-12-5-13(9-18)7-14(6-12)10-18/h12-16,19H,1-11H2. The summed E-state index contributed by atoms with van der Waals surface area (Å²) in [6.45, 7) is 2.14. The van der Waals surface area contributed by atoms with Gasteiger partial charge in [0.1, 0.15) is 0 Å². The lowest BCUT2D eigenvalue weighted by molar-refractivity contribution is -0.160. The quantitative estimate of drug-likeness (QED) is 0.804. The van der Waals surface area contributed by atoms with Crippen molar-refractivity contribution >= 4 is 5.91 Å². The first-order valence-corrected chi connectivity index (χ1v) is 9.27. The van der Waals surface area contributed by atoms with Gasteiger partial charge in [-0.1, -0.05) is 0 Å². The smallest absolute Gasteiger partial charge is 0.229 e. The number of carbonyl (C=O) groups excluding carboxylic acids is 1. The summed E-state index contributed by atoms with van der Waals surface area (Å²) in [6, 6.07) is 1.04. The molecule has 2 heterocycles. The minimum absolute atomic E-state index is 0.0694. The highest BCUT2D eigenvalue weighted by Crippen LogP contribution is 2.61. The van der Waals surface area contributed by atoms with Gasteiger partial charge in [-0.3, -0.25) is 4.79 Å². The van der Waals surface area contributed by atoms with Crippen LogP contribution in [0.15, 0.2) is 0 Å². The van der Waals surface area contributed by atoms with Crippen LogP contribution < -0.4 is 5.32 Å². The van der Waals surface area contributed by atoms with E-state index in [4.69, 9.17) is 0 Å². The second-order valence-corrected chi connectivity index (χ2v) is 8.79. The zero-order valence-corrected chi connectivity index (χ0v) is 13.0. The lowest BCUT2D eigenvalue weighted by Gasteiger charge is -2.57. The number of amides is 1. The summed E-state index contributed by atoms with van der Waals surface area (Å²) in [7, 11) is 0. The first-order valence-electron chi connectivity index (χ1n) is 9.27. The third-order valence-electron chi connectivity index (χ3n) is 7.38. The predicted octanol–water partition coefficient (Wildman–Crippen LogP) is 2.56. The van der Waals surface area contributed by atoms with E-state index in [2.05, 4.69) is 10.2 Å². The highest BCUT2D eigenvalue weighted by molar-refractivity contribution is 5.84. The van der Waals surface area contributed by atoms with E-state index in [1.807, 2.05) is 0 Å². The van der Waals surface area contributed by atoms with Gasteiger partial charge in [-0.2, -0.15) is 0 Å². The fourth-order valence-corrected chi connectivity index (χ4v) is 6.96. The molecule has 4 aliphatic carbocycles. The van der Waals surface area contributed by atoms with Gasteiger partial charge in [-0.05, 0) is 82.1 Å². The third kappa shape index (κ3) is 1.85. The molecular formula is C18H28N2O. The molecule has 6 fully saturated rings. The zero-order valence-electron chi connectivity index (χ0n) is 13.0. The van der Waals surface area contributed by atoms with Gasteiger partial charge in [-0.15, -0.1) is 0 Å². The summed E-state index contributed by atoms with van der Waals surface area (Å²) in [4.78, 5) is 15.9. The van der Waals surface area contributed by atoms with E-state index in [0.29, 0.717) is 18.0 Å². The number of nitrogens with zero attached hydrogens (tertiary/aromatic N) is 1. The van der Waals surface area contributed by atoms with E-state index in [-0.39, 0.29) is 5.41 Å². The lowest BCUT2D eigenvalue weighted by Crippen LogP contribution is -2.57. The van der Waals surface area contributed by atoms with Gasteiger partial charge in [0.25, 0.3) is 0 Å². The molecule has 3 heteroatoms. The molecule has 2 unspecified atom stereocenters. The summed E-state index contributed by atoms with van der Waals surface area (Å²) in [5.41, 5.74) is 0.0694. The molecule has 6 aliphatic rings. The van der Waals surface area contributed by atoms with E-state index in [9.17, 15) is 4.79 Å². The third-order valence-corrected chi connectivity index (χ3v) is 7.38. The highest BCUT2D eigenvalue weighted by atomic mass is 16.2. The minimum atomic E-state index is 0.0694. The second kappa shape index (κ2) is 4.47. The molecule has 0 radical (unpaired) electrons. The van der Waals surface area contributed by atoms with Crippen LogP contribution in [0.4, 0.5) is 0 Å². The molecule has 116 valence electrons. The second-order valence-electron chi connectivity index (χ2n) is 8.79. The number of fused-ring (bicyclic) bond motifs is 2. The molecule has 0 aromatic heterocycles. The molecule has 21 heavy (non-hydrogen) atoms. The Morgan fingerprint density at radius 2 is 1.52 bits per heavy atom. The number of carbonyl (C=O) groups is 1. The number of rotatable bonds is 1. The molecule has 2 saturated heterocycles. The van der Waals surface area contributed by atoms with Crippen LogP contribution in [0, 0.1) is 23.2 Å². The molecule has 2 aliphatic heterocycles. The largest absolute Gasteiger partial charge is 0.335 e.